The van der Waals surface area contributed by atoms with Gasteiger partial charge in [-0.05, 0) is 24.1 Å². The number of carboxylic acids is 1. The van der Waals surface area contributed by atoms with E-state index in [9.17, 15) is 4.79 Å². The van der Waals surface area contributed by atoms with Crippen LogP contribution in [0.4, 0.5) is 0 Å². The molecular formula is C13H13BrN2O2. The first-order valence-corrected chi connectivity index (χ1v) is 6.36. The van der Waals surface area contributed by atoms with E-state index in [1.807, 2.05) is 37.5 Å². The van der Waals surface area contributed by atoms with E-state index < -0.39 is 5.97 Å². The van der Waals surface area contributed by atoms with Crippen molar-refractivity contribution in [2.24, 2.45) is 7.05 Å². The molecule has 18 heavy (non-hydrogen) atoms. The van der Waals surface area contributed by atoms with Crippen LogP contribution in [0.25, 0.3) is 11.3 Å². The molecular weight excluding hydrogens is 296 g/mol. The molecule has 0 fully saturated rings. The summed E-state index contributed by atoms with van der Waals surface area (Å²) >= 11 is 3.42. The molecule has 0 amide bonds. The molecule has 0 unspecified atom stereocenters. The van der Waals surface area contributed by atoms with Crippen molar-refractivity contribution < 1.29 is 9.90 Å². The van der Waals surface area contributed by atoms with E-state index in [0.717, 1.165) is 21.3 Å². The second-order valence-corrected chi connectivity index (χ2v) is 5.00. The van der Waals surface area contributed by atoms with Gasteiger partial charge in [-0.1, -0.05) is 28.1 Å². The Labute approximate surface area is 113 Å². The molecule has 0 saturated heterocycles. The molecule has 4 nitrogen and oxygen atoms in total. The van der Waals surface area contributed by atoms with Crippen molar-refractivity contribution in [3.8, 4) is 11.3 Å². The lowest BCUT2D eigenvalue weighted by Gasteiger charge is -2.01. The molecule has 5 heteroatoms. The monoisotopic (exact) mass is 308 g/mol. The molecule has 0 saturated carbocycles. The topological polar surface area (TPSA) is 55.1 Å². The number of aliphatic carboxylic acids is 1. The van der Waals surface area contributed by atoms with Crippen LogP contribution in [0.3, 0.4) is 0 Å². The summed E-state index contributed by atoms with van der Waals surface area (Å²) in [4.78, 5) is 10.6. The van der Waals surface area contributed by atoms with Gasteiger partial charge in [-0.15, -0.1) is 0 Å². The molecule has 1 N–H and O–H groups in total. The van der Waals surface area contributed by atoms with Crippen molar-refractivity contribution in [3.63, 3.8) is 0 Å². The molecule has 94 valence electrons. The second kappa shape index (κ2) is 5.35. The lowest BCUT2D eigenvalue weighted by Crippen LogP contribution is -1.97. The van der Waals surface area contributed by atoms with Gasteiger partial charge < -0.3 is 5.11 Å². The summed E-state index contributed by atoms with van der Waals surface area (Å²) in [5.41, 5.74) is 2.79. The van der Waals surface area contributed by atoms with Crippen molar-refractivity contribution in [3.05, 3.63) is 40.5 Å². The number of halogens is 1. The minimum Gasteiger partial charge on any atom is -0.481 e. The molecule has 0 aliphatic heterocycles. The molecule has 0 aliphatic rings. The maximum absolute atomic E-state index is 10.6. The molecule has 2 aromatic rings. The van der Waals surface area contributed by atoms with Crippen molar-refractivity contribution in [2.45, 2.75) is 12.8 Å². The third kappa shape index (κ3) is 2.98. The third-order valence-corrected chi connectivity index (χ3v) is 3.10. The van der Waals surface area contributed by atoms with Gasteiger partial charge in [-0.2, -0.15) is 5.10 Å². The zero-order valence-electron chi connectivity index (χ0n) is 9.93. The van der Waals surface area contributed by atoms with Crippen LogP contribution >= 0.6 is 15.9 Å². The molecule has 0 aliphatic carbocycles. The Morgan fingerprint density at radius 2 is 2.28 bits per heavy atom. The van der Waals surface area contributed by atoms with Gasteiger partial charge in [0, 0.05) is 29.7 Å². The SMILES string of the molecule is Cn1cc(CCC(=O)O)c(-c2cccc(Br)c2)n1. The van der Waals surface area contributed by atoms with E-state index in [0.29, 0.717) is 6.42 Å². The van der Waals surface area contributed by atoms with Gasteiger partial charge in [0.05, 0.1) is 5.69 Å². The van der Waals surface area contributed by atoms with Crippen LogP contribution in [0.1, 0.15) is 12.0 Å². The highest BCUT2D eigenvalue weighted by molar-refractivity contribution is 9.10. The fourth-order valence-electron chi connectivity index (χ4n) is 1.84. The van der Waals surface area contributed by atoms with Gasteiger partial charge in [-0.3, -0.25) is 9.48 Å². The number of benzene rings is 1. The van der Waals surface area contributed by atoms with Gasteiger partial charge in [0.1, 0.15) is 0 Å². The maximum Gasteiger partial charge on any atom is 0.303 e. The largest absolute Gasteiger partial charge is 0.481 e. The molecule has 0 spiro atoms. The van der Waals surface area contributed by atoms with E-state index in [1.54, 1.807) is 4.68 Å². The van der Waals surface area contributed by atoms with Crippen LogP contribution < -0.4 is 0 Å². The summed E-state index contributed by atoms with van der Waals surface area (Å²) in [5, 5.41) is 13.2. The van der Waals surface area contributed by atoms with E-state index in [2.05, 4.69) is 21.0 Å². The van der Waals surface area contributed by atoms with Crippen LogP contribution in [0, 0.1) is 0 Å². The van der Waals surface area contributed by atoms with Crippen molar-refractivity contribution in [2.75, 3.05) is 0 Å². The highest BCUT2D eigenvalue weighted by atomic mass is 79.9. The predicted octanol–water partition coefficient (Wildman–Crippen LogP) is 2.87. The normalized spacial score (nSPS) is 10.6. The smallest absolute Gasteiger partial charge is 0.303 e. The Hall–Kier alpha value is -1.62. The van der Waals surface area contributed by atoms with Crippen LogP contribution in [-0.4, -0.2) is 20.9 Å². The van der Waals surface area contributed by atoms with E-state index in [1.165, 1.54) is 0 Å². The van der Waals surface area contributed by atoms with E-state index >= 15 is 0 Å². The summed E-state index contributed by atoms with van der Waals surface area (Å²) < 4.78 is 2.70. The number of carboxylic acid groups (broad SMARTS) is 1. The zero-order chi connectivity index (χ0) is 13.1. The number of hydrogen-bond donors (Lipinski definition) is 1. The van der Waals surface area contributed by atoms with Gasteiger partial charge in [0.15, 0.2) is 0 Å². The first-order chi connectivity index (χ1) is 8.56. The van der Waals surface area contributed by atoms with Crippen molar-refractivity contribution in [1.82, 2.24) is 9.78 Å². The van der Waals surface area contributed by atoms with Gasteiger partial charge in [0.25, 0.3) is 0 Å². The van der Waals surface area contributed by atoms with E-state index in [-0.39, 0.29) is 6.42 Å². The Morgan fingerprint density at radius 1 is 1.50 bits per heavy atom. The summed E-state index contributed by atoms with van der Waals surface area (Å²) in [5.74, 6) is -0.793. The molecule has 1 aromatic carbocycles. The Bertz CT molecular complexity index is 578. The quantitative estimate of drug-likeness (QED) is 0.945. The van der Waals surface area contributed by atoms with Crippen molar-refractivity contribution >= 4 is 21.9 Å². The van der Waals surface area contributed by atoms with Crippen LogP contribution in [0.2, 0.25) is 0 Å². The second-order valence-electron chi connectivity index (χ2n) is 4.08. The average molecular weight is 309 g/mol. The highest BCUT2D eigenvalue weighted by Gasteiger charge is 2.11. The zero-order valence-corrected chi connectivity index (χ0v) is 11.5. The first kappa shape index (κ1) is 12.8. The number of aryl methyl sites for hydroxylation is 2. The number of rotatable bonds is 4. The lowest BCUT2D eigenvalue weighted by molar-refractivity contribution is -0.136. The third-order valence-electron chi connectivity index (χ3n) is 2.61. The molecule has 1 heterocycles. The fourth-order valence-corrected chi connectivity index (χ4v) is 2.24. The van der Waals surface area contributed by atoms with Crippen LogP contribution in [0.5, 0.6) is 0 Å². The summed E-state index contributed by atoms with van der Waals surface area (Å²) in [6.45, 7) is 0. The van der Waals surface area contributed by atoms with Crippen LogP contribution in [0.15, 0.2) is 34.9 Å². The average Bonchev–Trinajstić information content (AvgIpc) is 2.68. The van der Waals surface area contributed by atoms with Gasteiger partial charge in [-0.25, -0.2) is 0 Å². The number of aromatic nitrogens is 2. The maximum atomic E-state index is 10.6. The molecule has 1 aromatic heterocycles. The molecule has 0 radical (unpaired) electrons. The highest BCUT2D eigenvalue weighted by Crippen LogP contribution is 2.25. The Balaban J connectivity index is 2.35. The van der Waals surface area contributed by atoms with Crippen LogP contribution in [-0.2, 0) is 18.3 Å². The van der Waals surface area contributed by atoms with Gasteiger partial charge in [0.2, 0.25) is 0 Å². The van der Waals surface area contributed by atoms with Gasteiger partial charge >= 0.3 is 5.97 Å². The molecule has 0 bridgehead atoms. The van der Waals surface area contributed by atoms with Crippen molar-refractivity contribution in [1.29, 1.82) is 0 Å². The number of hydrogen-bond acceptors (Lipinski definition) is 2. The first-order valence-electron chi connectivity index (χ1n) is 5.56. The number of carbonyl (C=O) groups is 1. The summed E-state index contributed by atoms with van der Waals surface area (Å²) in [6, 6.07) is 7.84. The predicted molar refractivity (Wildman–Crippen MR) is 72.3 cm³/mol. The minimum absolute atomic E-state index is 0.118. The molecule has 2 rings (SSSR count). The minimum atomic E-state index is -0.793. The standard InChI is InChI=1S/C13H13BrN2O2/c1-16-8-10(5-6-12(17)18)13(15-16)9-3-2-4-11(14)7-9/h2-4,7-8H,5-6H2,1H3,(H,17,18). The lowest BCUT2D eigenvalue weighted by atomic mass is 10.0. The Kier molecular flexibility index (Phi) is 3.81. The summed E-state index contributed by atoms with van der Waals surface area (Å²) in [7, 11) is 1.84. The number of nitrogens with zero attached hydrogens (tertiary/aromatic N) is 2. The molecule has 0 atom stereocenters. The Morgan fingerprint density at radius 3 is 2.94 bits per heavy atom. The fraction of sp³-hybridized carbons (Fsp3) is 0.231. The van der Waals surface area contributed by atoms with E-state index in [4.69, 9.17) is 5.11 Å². The summed E-state index contributed by atoms with van der Waals surface area (Å²) in [6.07, 6.45) is 2.48.